The molecule has 0 aliphatic carbocycles. The summed E-state index contributed by atoms with van der Waals surface area (Å²) < 4.78 is 7.58. The van der Waals surface area contributed by atoms with E-state index in [1.54, 1.807) is 6.07 Å². The summed E-state index contributed by atoms with van der Waals surface area (Å²) in [5.74, 6) is 0. The van der Waals surface area contributed by atoms with Gasteiger partial charge in [-0.3, -0.25) is 0 Å². The van der Waals surface area contributed by atoms with Gasteiger partial charge < -0.3 is 4.98 Å². The lowest BCUT2D eigenvalue weighted by Gasteiger charge is -1.87. The van der Waals surface area contributed by atoms with Gasteiger partial charge in [0, 0.05) is 21.8 Å². The Morgan fingerprint density at radius 2 is 1.54 bits per heavy atom. The van der Waals surface area contributed by atoms with E-state index in [-0.39, 0.29) is 0 Å². The number of hydrogen-bond acceptors (Lipinski definition) is 0. The summed E-state index contributed by atoms with van der Waals surface area (Å²) in [7, 11) is 0. The van der Waals surface area contributed by atoms with Crippen molar-refractivity contribution in [3.8, 4) is 0 Å². The van der Waals surface area contributed by atoms with Gasteiger partial charge in [-0.05, 0) is 12.1 Å². The summed E-state index contributed by atoms with van der Waals surface area (Å²) >= 11 is 0. The summed E-state index contributed by atoms with van der Waals surface area (Å²) in [4.78, 5) is 3.32. The van der Waals surface area contributed by atoms with Crippen LogP contribution in [0.1, 0.15) is 1.37 Å². The molecule has 0 saturated heterocycles. The Bertz CT molecular complexity index is 610. The summed E-state index contributed by atoms with van der Waals surface area (Å²) in [6.45, 7) is 0. The second kappa shape index (κ2) is 2.36. The van der Waals surface area contributed by atoms with Gasteiger partial charge in [0.2, 0.25) is 0 Å². The third-order valence-corrected chi connectivity index (χ3v) is 2.35. The molecule has 0 saturated carbocycles. The van der Waals surface area contributed by atoms with Crippen LogP contribution in [0.4, 0.5) is 0 Å². The average molecular weight is 168 g/mol. The van der Waals surface area contributed by atoms with Crippen molar-refractivity contribution < 1.29 is 1.37 Å². The molecule has 1 aromatic heterocycles. The van der Waals surface area contributed by atoms with Crippen LogP contribution in [0.25, 0.3) is 21.8 Å². The first kappa shape index (κ1) is 5.81. The van der Waals surface area contributed by atoms with Crippen LogP contribution in [0.2, 0.25) is 0 Å². The van der Waals surface area contributed by atoms with Crippen molar-refractivity contribution in [3.63, 3.8) is 0 Å². The SMILES string of the molecule is [2H]c1ccc2[nH]c3ccccc3c2c1. The van der Waals surface area contributed by atoms with Crippen molar-refractivity contribution in [1.82, 2.24) is 4.98 Å². The van der Waals surface area contributed by atoms with Crippen LogP contribution in [0, 0.1) is 0 Å². The van der Waals surface area contributed by atoms with Gasteiger partial charge in [0.15, 0.2) is 0 Å². The van der Waals surface area contributed by atoms with Gasteiger partial charge in [-0.2, -0.15) is 0 Å². The molecule has 3 aromatic rings. The van der Waals surface area contributed by atoms with Crippen molar-refractivity contribution in [1.29, 1.82) is 0 Å². The molecule has 0 aliphatic rings. The molecule has 1 nitrogen and oxygen atoms in total. The fraction of sp³-hybridized carbons (Fsp3) is 0. The molecule has 1 heterocycles. The van der Waals surface area contributed by atoms with Gasteiger partial charge >= 0.3 is 0 Å². The number of H-pyrrole nitrogens is 1. The monoisotopic (exact) mass is 168 g/mol. The maximum absolute atomic E-state index is 7.58. The smallest absolute Gasteiger partial charge is 0.0623 e. The van der Waals surface area contributed by atoms with E-state index in [2.05, 4.69) is 17.1 Å². The zero-order chi connectivity index (χ0) is 9.54. The third kappa shape index (κ3) is 0.872. The number of para-hydroxylation sites is 2. The quantitative estimate of drug-likeness (QED) is 0.530. The van der Waals surface area contributed by atoms with Crippen LogP contribution in [0.3, 0.4) is 0 Å². The molecule has 0 amide bonds. The summed E-state index contributed by atoms with van der Waals surface area (Å²) in [5.41, 5.74) is 2.23. The van der Waals surface area contributed by atoms with E-state index >= 15 is 0 Å². The van der Waals surface area contributed by atoms with Crippen molar-refractivity contribution in [3.05, 3.63) is 48.5 Å². The maximum Gasteiger partial charge on any atom is 0.0623 e. The minimum atomic E-state index is 0.558. The van der Waals surface area contributed by atoms with Crippen LogP contribution in [-0.4, -0.2) is 4.98 Å². The van der Waals surface area contributed by atoms with Gasteiger partial charge in [-0.15, -0.1) is 0 Å². The lowest BCUT2D eigenvalue weighted by Crippen LogP contribution is -1.62. The highest BCUT2D eigenvalue weighted by molar-refractivity contribution is 6.06. The lowest BCUT2D eigenvalue weighted by atomic mass is 10.2. The largest absolute Gasteiger partial charge is 0.355 e. The van der Waals surface area contributed by atoms with Gasteiger partial charge in [0.05, 0.1) is 1.37 Å². The van der Waals surface area contributed by atoms with Crippen molar-refractivity contribution in [2.24, 2.45) is 0 Å². The van der Waals surface area contributed by atoms with Gasteiger partial charge in [0.1, 0.15) is 0 Å². The van der Waals surface area contributed by atoms with Crippen LogP contribution < -0.4 is 0 Å². The molecule has 0 aliphatic heterocycles. The molecule has 1 N–H and O–H groups in total. The molecule has 13 heavy (non-hydrogen) atoms. The number of rotatable bonds is 0. The Morgan fingerprint density at radius 1 is 0.846 bits per heavy atom. The normalized spacial score (nSPS) is 12.2. The van der Waals surface area contributed by atoms with Gasteiger partial charge in [-0.1, -0.05) is 36.4 Å². The standard InChI is InChI=1S/C12H9N/c1-3-7-11-9(5-1)10-6-2-4-8-12(10)13-11/h1-8,13H/i1D. The second-order valence-electron chi connectivity index (χ2n) is 3.14. The second-order valence-corrected chi connectivity index (χ2v) is 3.14. The van der Waals surface area contributed by atoms with Crippen LogP contribution in [0.15, 0.2) is 48.5 Å². The highest BCUT2D eigenvalue weighted by atomic mass is 14.7. The zero-order valence-electron chi connectivity index (χ0n) is 8.04. The van der Waals surface area contributed by atoms with Gasteiger partial charge in [0.25, 0.3) is 0 Å². The zero-order valence-corrected chi connectivity index (χ0v) is 7.04. The predicted octanol–water partition coefficient (Wildman–Crippen LogP) is 3.32. The number of aromatic nitrogens is 1. The Hall–Kier alpha value is -1.76. The molecule has 0 spiro atoms. The number of hydrogen-bond donors (Lipinski definition) is 1. The van der Waals surface area contributed by atoms with Gasteiger partial charge in [-0.25, -0.2) is 0 Å². The topological polar surface area (TPSA) is 15.8 Å². The fourth-order valence-electron chi connectivity index (χ4n) is 1.73. The van der Waals surface area contributed by atoms with E-state index in [1.165, 1.54) is 5.39 Å². The van der Waals surface area contributed by atoms with Crippen molar-refractivity contribution in [2.75, 3.05) is 0 Å². The van der Waals surface area contributed by atoms with Crippen LogP contribution in [0.5, 0.6) is 0 Å². The third-order valence-electron chi connectivity index (χ3n) is 2.35. The van der Waals surface area contributed by atoms with E-state index in [0.717, 1.165) is 16.4 Å². The minimum Gasteiger partial charge on any atom is -0.355 e. The van der Waals surface area contributed by atoms with Crippen molar-refractivity contribution >= 4 is 21.8 Å². The molecular weight excluding hydrogens is 158 g/mol. The highest BCUT2D eigenvalue weighted by Gasteiger charge is 2.00. The lowest BCUT2D eigenvalue weighted by molar-refractivity contribution is 1.55. The molecule has 2 aromatic carbocycles. The molecule has 3 rings (SSSR count). The molecule has 0 radical (unpaired) electrons. The van der Waals surface area contributed by atoms with E-state index in [4.69, 9.17) is 1.37 Å². The summed E-state index contributed by atoms with van der Waals surface area (Å²) in [5, 5.41) is 2.32. The number of aromatic amines is 1. The number of benzene rings is 2. The summed E-state index contributed by atoms with van der Waals surface area (Å²) in [6.07, 6.45) is 0. The molecule has 0 atom stereocenters. The van der Waals surface area contributed by atoms with Crippen LogP contribution in [-0.2, 0) is 0 Å². The predicted molar refractivity (Wildman–Crippen MR) is 55.8 cm³/mol. The Kier molecular flexibility index (Phi) is 1.06. The van der Waals surface area contributed by atoms with E-state index < -0.39 is 0 Å². The number of fused-ring (bicyclic) bond motifs is 3. The Labute approximate surface area is 77.4 Å². The molecular formula is C12H9N. The molecule has 0 bridgehead atoms. The first-order valence-corrected chi connectivity index (χ1v) is 4.32. The summed E-state index contributed by atoms with van der Waals surface area (Å²) in [6, 6.07) is 14.4. The highest BCUT2D eigenvalue weighted by Crippen LogP contribution is 2.24. The van der Waals surface area contributed by atoms with E-state index in [1.807, 2.05) is 24.3 Å². The Morgan fingerprint density at radius 3 is 2.46 bits per heavy atom. The fourth-order valence-corrected chi connectivity index (χ4v) is 1.73. The van der Waals surface area contributed by atoms with E-state index in [0.29, 0.717) is 6.04 Å². The van der Waals surface area contributed by atoms with E-state index in [9.17, 15) is 0 Å². The molecule has 0 fully saturated rings. The maximum atomic E-state index is 7.58. The minimum absolute atomic E-state index is 0.558. The number of nitrogens with one attached hydrogen (secondary N) is 1. The molecule has 62 valence electrons. The average Bonchev–Trinajstić information content (AvgIpc) is 2.56. The molecule has 0 unspecified atom stereocenters. The van der Waals surface area contributed by atoms with Crippen LogP contribution >= 0.6 is 0 Å². The first-order chi connectivity index (χ1) is 6.84. The Balaban J connectivity index is 2.58. The molecule has 1 heteroatoms. The van der Waals surface area contributed by atoms with Crippen molar-refractivity contribution in [2.45, 2.75) is 0 Å². The first-order valence-electron chi connectivity index (χ1n) is 4.82.